The van der Waals surface area contributed by atoms with Crippen LogP contribution in [0.15, 0.2) is 72.8 Å². The first kappa shape index (κ1) is 23.4. The summed E-state index contributed by atoms with van der Waals surface area (Å²) in [5.41, 5.74) is 5.02. The van der Waals surface area contributed by atoms with Gasteiger partial charge in [-0.1, -0.05) is 60.7 Å². The molecule has 5 rings (SSSR count). The van der Waals surface area contributed by atoms with Gasteiger partial charge in [0.15, 0.2) is 11.5 Å². The van der Waals surface area contributed by atoms with Crippen LogP contribution in [0.2, 0.25) is 0 Å². The van der Waals surface area contributed by atoms with Crippen LogP contribution in [-0.2, 0) is 30.9 Å². The smallest absolute Gasteiger partial charge is 0.226 e. The quantitative estimate of drug-likeness (QED) is 0.483. The van der Waals surface area contributed by atoms with Crippen molar-refractivity contribution in [3.05, 3.63) is 95.1 Å². The Morgan fingerprint density at radius 1 is 0.857 bits per heavy atom. The Morgan fingerprint density at radius 3 is 2.37 bits per heavy atom. The molecular weight excluding hydrogens is 436 g/mol. The lowest BCUT2D eigenvalue weighted by atomic mass is 9.93. The maximum Gasteiger partial charge on any atom is 0.226 e. The van der Waals surface area contributed by atoms with Gasteiger partial charge >= 0.3 is 0 Å². The van der Waals surface area contributed by atoms with Crippen LogP contribution >= 0.6 is 0 Å². The Kier molecular flexibility index (Phi) is 7.34. The van der Waals surface area contributed by atoms with Gasteiger partial charge in [-0.3, -0.25) is 9.69 Å². The summed E-state index contributed by atoms with van der Waals surface area (Å²) in [4.78, 5) is 17.7. The van der Waals surface area contributed by atoms with Gasteiger partial charge < -0.3 is 14.4 Å². The van der Waals surface area contributed by atoms with Gasteiger partial charge in [-0.05, 0) is 66.7 Å². The van der Waals surface area contributed by atoms with E-state index in [-0.39, 0.29) is 5.92 Å². The van der Waals surface area contributed by atoms with E-state index in [9.17, 15) is 4.79 Å². The number of hydrogen-bond acceptors (Lipinski definition) is 4. The van der Waals surface area contributed by atoms with Gasteiger partial charge in [-0.15, -0.1) is 0 Å². The third kappa shape index (κ3) is 5.68. The number of carbonyl (C=O) groups excluding carboxylic acids is 1. The summed E-state index contributed by atoms with van der Waals surface area (Å²) in [6.07, 6.45) is 2.81. The molecule has 35 heavy (non-hydrogen) atoms. The van der Waals surface area contributed by atoms with E-state index in [1.807, 2.05) is 24.3 Å². The molecule has 0 saturated carbocycles. The Labute approximate surface area is 208 Å². The third-order valence-corrected chi connectivity index (χ3v) is 7.25. The van der Waals surface area contributed by atoms with Gasteiger partial charge in [0, 0.05) is 25.6 Å². The number of rotatable bonds is 7. The van der Waals surface area contributed by atoms with Crippen LogP contribution in [0, 0.1) is 5.92 Å². The summed E-state index contributed by atoms with van der Waals surface area (Å²) >= 11 is 0. The van der Waals surface area contributed by atoms with E-state index in [2.05, 4.69) is 58.3 Å². The van der Waals surface area contributed by atoms with E-state index < -0.39 is 0 Å². The SMILES string of the molecule is COc1cc(CN2CCC(C(=O)N3CCc4ccccc4C3)CC2)ccc1OCc1ccccc1. The number of carbonyl (C=O) groups is 1. The van der Waals surface area contributed by atoms with Gasteiger partial charge in [0.2, 0.25) is 5.91 Å². The zero-order valence-electron chi connectivity index (χ0n) is 20.5. The molecule has 0 N–H and O–H groups in total. The van der Waals surface area contributed by atoms with Crippen molar-refractivity contribution in [1.29, 1.82) is 0 Å². The van der Waals surface area contributed by atoms with Gasteiger partial charge in [0.25, 0.3) is 0 Å². The lowest BCUT2D eigenvalue weighted by molar-refractivity contribution is -0.138. The Bertz CT molecular complexity index is 1140. The summed E-state index contributed by atoms with van der Waals surface area (Å²) in [5, 5.41) is 0. The van der Waals surface area contributed by atoms with Crippen molar-refractivity contribution < 1.29 is 14.3 Å². The Morgan fingerprint density at radius 2 is 1.60 bits per heavy atom. The molecule has 2 aliphatic heterocycles. The number of ether oxygens (including phenoxy) is 2. The predicted molar refractivity (Wildman–Crippen MR) is 137 cm³/mol. The van der Waals surface area contributed by atoms with Crippen LogP contribution in [0.5, 0.6) is 11.5 Å². The molecular formula is C30H34N2O3. The van der Waals surface area contributed by atoms with Crippen LogP contribution in [0.3, 0.4) is 0 Å². The first-order valence-electron chi connectivity index (χ1n) is 12.6. The molecule has 0 radical (unpaired) electrons. The van der Waals surface area contributed by atoms with E-state index in [1.54, 1.807) is 7.11 Å². The molecule has 1 saturated heterocycles. The molecule has 3 aromatic carbocycles. The summed E-state index contributed by atoms with van der Waals surface area (Å²) in [7, 11) is 1.69. The lowest BCUT2D eigenvalue weighted by Gasteiger charge is -2.36. The highest BCUT2D eigenvalue weighted by Gasteiger charge is 2.30. The number of hydrogen-bond donors (Lipinski definition) is 0. The normalized spacial score (nSPS) is 16.5. The van der Waals surface area contributed by atoms with Crippen LogP contribution in [0.4, 0.5) is 0 Å². The molecule has 0 aromatic heterocycles. The largest absolute Gasteiger partial charge is 0.493 e. The summed E-state index contributed by atoms with van der Waals surface area (Å²) in [5.74, 6) is 1.99. The second kappa shape index (κ2) is 11.0. The minimum atomic E-state index is 0.139. The summed E-state index contributed by atoms with van der Waals surface area (Å²) < 4.78 is 11.6. The predicted octanol–water partition coefficient (Wildman–Crippen LogP) is 5.07. The van der Waals surface area contributed by atoms with Crippen LogP contribution in [-0.4, -0.2) is 42.5 Å². The maximum absolute atomic E-state index is 13.2. The molecule has 0 atom stereocenters. The van der Waals surface area contributed by atoms with E-state index in [0.717, 1.165) is 69.0 Å². The zero-order chi connectivity index (χ0) is 24.0. The van der Waals surface area contributed by atoms with Gasteiger partial charge in [-0.25, -0.2) is 0 Å². The summed E-state index contributed by atoms with van der Waals surface area (Å²) in [6.45, 7) is 4.85. The first-order valence-corrected chi connectivity index (χ1v) is 12.6. The van der Waals surface area contributed by atoms with E-state index in [4.69, 9.17) is 9.47 Å². The van der Waals surface area contributed by atoms with Crippen molar-refractivity contribution in [2.24, 2.45) is 5.92 Å². The second-order valence-corrected chi connectivity index (χ2v) is 9.59. The number of fused-ring (bicyclic) bond motifs is 1. The highest BCUT2D eigenvalue weighted by molar-refractivity contribution is 5.79. The molecule has 0 bridgehead atoms. The number of methoxy groups -OCH3 is 1. The molecule has 1 amide bonds. The van der Waals surface area contributed by atoms with Crippen LogP contribution < -0.4 is 9.47 Å². The average Bonchev–Trinajstić information content (AvgIpc) is 2.92. The second-order valence-electron chi connectivity index (χ2n) is 9.59. The van der Waals surface area contributed by atoms with Crippen molar-refractivity contribution in [2.45, 2.75) is 39.0 Å². The number of nitrogens with zero attached hydrogens (tertiary/aromatic N) is 2. The number of likely N-dealkylation sites (tertiary alicyclic amines) is 1. The maximum atomic E-state index is 13.2. The van der Waals surface area contributed by atoms with Crippen molar-refractivity contribution in [2.75, 3.05) is 26.7 Å². The number of amides is 1. The highest BCUT2D eigenvalue weighted by Crippen LogP contribution is 2.30. The first-order chi connectivity index (χ1) is 17.2. The highest BCUT2D eigenvalue weighted by atomic mass is 16.5. The van der Waals surface area contributed by atoms with Crippen molar-refractivity contribution in [3.8, 4) is 11.5 Å². The molecule has 0 spiro atoms. The van der Waals surface area contributed by atoms with Gasteiger partial charge in [0.1, 0.15) is 6.61 Å². The van der Waals surface area contributed by atoms with Gasteiger partial charge in [-0.2, -0.15) is 0 Å². The van der Waals surface area contributed by atoms with Crippen molar-refractivity contribution >= 4 is 5.91 Å². The topological polar surface area (TPSA) is 42.0 Å². The average molecular weight is 471 g/mol. The van der Waals surface area contributed by atoms with Crippen LogP contribution in [0.1, 0.15) is 35.1 Å². The molecule has 1 fully saturated rings. The molecule has 2 heterocycles. The Balaban J connectivity index is 1.13. The molecule has 3 aromatic rings. The fourth-order valence-corrected chi connectivity index (χ4v) is 5.20. The molecule has 0 aliphatic carbocycles. The molecule has 0 unspecified atom stereocenters. The fraction of sp³-hybridized carbons (Fsp3) is 0.367. The van der Waals surface area contributed by atoms with Crippen molar-refractivity contribution in [1.82, 2.24) is 9.80 Å². The lowest BCUT2D eigenvalue weighted by Crippen LogP contribution is -2.44. The minimum absolute atomic E-state index is 0.139. The Hall–Kier alpha value is -3.31. The molecule has 5 heteroatoms. The minimum Gasteiger partial charge on any atom is -0.493 e. The molecule has 5 nitrogen and oxygen atoms in total. The zero-order valence-corrected chi connectivity index (χ0v) is 20.5. The standard InChI is InChI=1S/C30H34N2O3/c1-34-29-19-24(11-12-28(29)35-22-23-7-3-2-4-8-23)20-31-16-13-26(14-17-31)30(33)32-18-15-25-9-5-6-10-27(25)21-32/h2-12,19,26H,13-18,20-22H2,1H3. The van der Waals surface area contributed by atoms with Crippen molar-refractivity contribution in [3.63, 3.8) is 0 Å². The number of piperidine rings is 1. The summed E-state index contributed by atoms with van der Waals surface area (Å²) in [6, 6.07) is 24.8. The van der Waals surface area contributed by atoms with Crippen LogP contribution in [0.25, 0.3) is 0 Å². The van der Waals surface area contributed by atoms with Gasteiger partial charge in [0.05, 0.1) is 7.11 Å². The fourth-order valence-electron chi connectivity index (χ4n) is 5.20. The van der Waals surface area contributed by atoms with E-state index >= 15 is 0 Å². The molecule has 182 valence electrons. The molecule has 2 aliphatic rings. The monoisotopic (exact) mass is 470 g/mol. The third-order valence-electron chi connectivity index (χ3n) is 7.25. The van der Waals surface area contributed by atoms with E-state index in [0.29, 0.717) is 12.5 Å². The van der Waals surface area contributed by atoms with E-state index in [1.165, 1.54) is 16.7 Å². The number of benzene rings is 3.